The Kier molecular flexibility index (Phi) is 3.15. The van der Waals surface area contributed by atoms with Crippen LogP contribution in [0.1, 0.15) is 43.6 Å². The van der Waals surface area contributed by atoms with Crippen molar-refractivity contribution in [3.63, 3.8) is 0 Å². The molecule has 0 saturated heterocycles. The predicted molar refractivity (Wildman–Crippen MR) is 62.8 cm³/mol. The van der Waals surface area contributed by atoms with Crippen LogP contribution in [0.2, 0.25) is 0 Å². The maximum absolute atomic E-state index is 11.4. The number of hydrogen-bond acceptors (Lipinski definition) is 1. The lowest BCUT2D eigenvalue weighted by Crippen LogP contribution is -2.15. The second kappa shape index (κ2) is 3.85. The molecule has 0 amide bonds. The van der Waals surface area contributed by atoms with Crippen molar-refractivity contribution in [2.24, 2.45) is 0 Å². The summed E-state index contributed by atoms with van der Waals surface area (Å²) in [5.74, 6) is 0.122. The monoisotopic (exact) mass is 254 g/mol. The Balaban J connectivity index is 3.37. The summed E-state index contributed by atoms with van der Waals surface area (Å²) in [5, 5.41) is 0. The van der Waals surface area contributed by atoms with Gasteiger partial charge in [-0.3, -0.25) is 4.79 Å². The average Bonchev–Trinajstić information content (AvgIpc) is 2.01. The molecule has 0 N–H and O–H groups in total. The molecule has 0 aliphatic heterocycles. The van der Waals surface area contributed by atoms with Gasteiger partial charge in [0.1, 0.15) is 0 Å². The van der Waals surface area contributed by atoms with E-state index in [0.717, 1.165) is 15.6 Å². The molecule has 0 aromatic heterocycles. The van der Waals surface area contributed by atoms with E-state index >= 15 is 0 Å². The topological polar surface area (TPSA) is 17.1 Å². The van der Waals surface area contributed by atoms with Crippen molar-refractivity contribution < 1.29 is 4.79 Å². The number of carbonyl (C=O) groups excluding carboxylic acids is 1. The quantitative estimate of drug-likeness (QED) is 0.694. The first kappa shape index (κ1) is 11.4. The number of hydrogen-bond donors (Lipinski definition) is 0. The van der Waals surface area contributed by atoms with Crippen LogP contribution in [0.25, 0.3) is 0 Å². The highest BCUT2D eigenvalue weighted by Crippen LogP contribution is 2.28. The zero-order chi connectivity index (χ0) is 10.9. The van der Waals surface area contributed by atoms with Crippen LogP contribution in [0, 0.1) is 0 Å². The standard InChI is InChI=1S/C12H15BrO/c1-8(14)10-7-9(13)5-6-11(10)12(2,3)4/h5-7H,1-4H3. The molecular formula is C12H15BrO. The molecule has 0 unspecified atom stereocenters. The van der Waals surface area contributed by atoms with E-state index in [1.165, 1.54) is 0 Å². The maximum atomic E-state index is 11.4. The van der Waals surface area contributed by atoms with Gasteiger partial charge in [-0.05, 0) is 30.0 Å². The van der Waals surface area contributed by atoms with Crippen LogP contribution in [0.3, 0.4) is 0 Å². The van der Waals surface area contributed by atoms with Crippen LogP contribution in [0.4, 0.5) is 0 Å². The van der Waals surface area contributed by atoms with Crippen molar-refractivity contribution in [3.8, 4) is 0 Å². The maximum Gasteiger partial charge on any atom is 0.160 e. The molecule has 0 saturated carbocycles. The van der Waals surface area contributed by atoms with E-state index in [0.29, 0.717) is 0 Å². The van der Waals surface area contributed by atoms with Gasteiger partial charge in [-0.2, -0.15) is 0 Å². The van der Waals surface area contributed by atoms with Crippen LogP contribution in [0.15, 0.2) is 22.7 Å². The Bertz CT molecular complexity index is 361. The van der Waals surface area contributed by atoms with Crippen LogP contribution in [0.5, 0.6) is 0 Å². The summed E-state index contributed by atoms with van der Waals surface area (Å²) in [6, 6.07) is 5.89. The van der Waals surface area contributed by atoms with Gasteiger partial charge in [-0.25, -0.2) is 0 Å². The molecule has 1 aromatic rings. The summed E-state index contributed by atoms with van der Waals surface area (Å²) in [6.45, 7) is 7.95. The second-order valence-electron chi connectivity index (χ2n) is 4.50. The van der Waals surface area contributed by atoms with E-state index in [2.05, 4.69) is 36.7 Å². The minimum absolute atomic E-state index is 0.0156. The van der Waals surface area contributed by atoms with Crippen LogP contribution < -0.4 is 0 Å². The molecule has 0 aliphatic rings. The Morgan fingerprint density at radius 2 is 1.86 bits per heavy atom. The third kappa shape index (κ3) is 2.44. The molecule has 0 aliphatic carbocycles. The van der Waals surface area contributed by atoms with Crippen molar-refractivity contribution in [2.45, 2.75) is 33.1 Å². The number of Topliss-reactive ketones (excluding diaryl/α,β-unsaturated/α-hetero) is 1. The normalized spacial score (nSPS) is 11.5. The Labute approximate surface area is 93.7 Å². The summed E-state index contributed by atoms with van der Waals surface area (Å²) in [6.07, 6.45) is 0. The summed E-state index contributed by atoms with van der Waals surface area (Å²) in [5.41, 5.74) is 1.93. The highest BCUT2D eigenvalue weighted by molar-refractivity contribution is 9.10. The molecule has 1 aromatic carbocycles. The first-order valence-electron chi connectivity index (χ1n) is 4.63. The third-order valence-corrected chi connectivity index (χ3v) is 2.66. The van der Waals surface area contributed by atoms with Crippen LogP contribution in [-0.2, 0) is 5.41 Å². The molecule has 76 valence electrons. The van der Waals surface area contributed by atoms with E-state index in [1.54, 1.807) is 6.92 Å². The Morgan fingerprint density at radius 1 is 1.29 bits per heavy atom. The van der Waals surface area contributed by atoms with Crippen molar-refractivity contribution in [1.82, 2.24) is 0 Å². The fraction of sp³-hybridized carbons (Fsp3) is 0.417. The summed E-state index contributed by atoms with van der Waals surface area (Å²) < 4.78 is 0.954. The summed E-state index contributed by atoms with van der Waals surface area (Å²) >= 11 is 3.38. The molecule has 0 atom stereocenters. The number of rotatable bonds is 1. The first-order chi connectivity index (χ1) is 6.32. The summed E-state index contributed by atoms with van der Waals surface area (Å²) in [7, 11) is 0. The summed E-state index contributed by atoms with van der Waals surface area (Å²) in [4.78, 5) is 11.4. The van der Waals surface area contributed by atoms with Gasteiger partial charge in [0.25, 0.3) is 0 Å². The third-order valence-electron chi connectivity index (χ3n) is 2.17. The van der Waals surface area contributed by atoms with Gasteiger partial charge in [0, 0.05) is 10.0 Å². The number of ketones is 1. The van der Waals surface area contributed by atoms with Gasteiger partial charge >= 0.3 is 0 Å². The van der Waals surface area contributed by atoms with Gasteiger partial charge in [-0.15, -0.1) is 0 Å². The zero-order valence-electron chi connectivity index (χ0n) is 9.02. The van der Waals surface area contributed by atoms with Gasteiger partial charge in [0.2, 0.25) is 0 Å². The second-order valence-corrected chi connectivity index (χ2v) is 5.41. The van der Waals surface area contributed by atoms with E-state index in [9.17, 15) is 4.79 Å². The molecule has 1 rings (SSSR count). The minimum Gasteiger partial charge on any atom is -0.295 e. The largest absolute Gasteiger partial charge is 0.295 e. The molecule has 2 heteroatoms. The van der Waals surface area contributed by atoms with Gasteiger partial charge in [0.05, 0.1) is 0 Å². The lowest BCUT2D eigenvalue weighted by Gasteiger charge is -2.22. The van der Waals surface area contributed by atoms with E-state index in [-0.39, 0.29) is 11.2 Å². The van der Waals surface area contributed by atoms with Gasteiger partial charge in [0.15, 0.2) is 5.78 Å². The lowest BCUT2D eigenvalue weighted by atomic mass is 9.83. The smallest absolute Gasteiger partial charge is 0.160 e. The predicted octanol–water partition coefficient (Wildman–Crippen LogP) is 3.95. The van der Waals surface area contributed by atoms with Gasteiger partial charge < -0.3 is 0 Å². The van der Waals surface area contributed by atoms with Crippen molar-refractivity contribution in [2.75, 3.05) is 0 Å². The Morgan fingerprint density at radius 3 is 2.29 bits per heavy atom. The van der Waals surface area contributed by atoms with Crippen LogP contribution in [-0.4, -0.2) is 5.78 Å². The lowest BCUT2D eigenvalue weighted by molar-refractivity contribution is 0.101. The minimum atomic E-state index is 0.0156. The molecule has 0 spiro atoms. The fourth-order valence-corrected chi connectivity index (χ4v) is 1.82. The zero-order valence-corrected chi connectivity index (χ0v) is 10.6. The van der Waals surface area contributed by atoms with Crippen LogP contribution >= 0.6 is 15.9 Å². The van der Waals surface area contributed by atoms with Crippen molar-refractivity contribution >= 4 is 21.7 Å². The van der Waals surface area contributed by atoms with Gasteiger partial charge in [-0.1, -0.05) is 42.8 Å². The van der Waals surface area contributed by atoms with E-state index in [1.807, 2.05) is 18.2 Å². The number of halogens is 1. The van der Waals surface area contributed by atoms with Crippen molar-refractivity contribution in [3.05, 3.63) is 33.8 Å². The molecule has 14 heavy (non-hydrogen) atoms. The van der Waals surface area contributed by atoms with E-state index in [4.69, 9.17) is 0 Å². The molecule has 0 radical (unpaired) electrons. The van der Waals surface area contributed by atoms with E-state index < -0.39 is 0 Å². The average molecular weight is 255 g/mol. The highest BCUT2D eigenvalue weighted by atomic mass is 79.9. The number of carbonyl (C=O) groups is 1. The SMILES string of the molecule is CC(=O)c1cc(Br)ccc1C(C)(C)C. The van der Waals surface area contributed by atoms with Crippen molar-refractivity contribution in [1.29, 1.82) is 0 Å². The molecule has 0 bridgehead atoms. The first-order valence-corrected chi connectivity index (χ1v) is 5.42. The fourth-order valence-electron chi connectivity index (χ4n) is 1.46. The molecule has 0 heterocycles. The molecule has 1 nitrogen and oxygen atoms in total. The molecule has 0 fully saturated rings. The Hall–Kier alpha value is -0.630. The highest BCUT2D eigenvalue weighted by Gasteiger charge is 2.19. The molecular weight excluding hydrogens is 240 g/mol. The number of benzene rings is 1.